The Bertz CT molecular complexity index is 1810. The molecule has 0 atom stereocenters. The first-order valence-electron chi connectivity index (χ1n) is 14.2. The molecule has 0 radical (unpaired) electrons. The van der Waals surface area contributed by atoms with Gasteiger partial charge in [-0.05, 0) is 89.8 Å². The highest BCUT2D eigenvalue weighted by Gasteiger charge is 2.29. The number of nitrogens with zero attached hydrogens (tertiary/aromatic N) is 2. The topological polar surface area (TPSA) is 101 Å². The number of H-pyrrole nitrogens is 1. The fourth-order valence-electron chi connectivity index (χ4n) is 5.98. The monoisotopic (exact) mass is 602 g/mol. The molecule has 0 bridgehead atoms. The summed E-state index contributed by atoms with van der Waals surface area (Å²) in [6.45, 7) is 7.37. The van der Waals surface area contributed by atoms with Crippen molar-refractivity contribution in [2.45, 2.75) is 44.4 Å². The zero-order valence-electron chi connectivity index (χ0n) is 23.9. The number of benzene rings is 2. The molecule has 2 aliphatic rings. The summed E-state index contributed by atoms with van der Waals surface area (Å²) in [6, 6.07) is 17.1. The van der Waals surface area contributed by atoms with Gasteiger partial charge in [0.25, 0.3) is 0 Å². The Morgan fingerprint density at radius 1 is 1.07 bits per heavy atom. The smallest absolute Gasteiger partial charge is 0.241 e. The van der Waals surface area contributed by atoms with E-state index in [1.807, 2.05) is 30.3 Å². The van der Waals surface area contributed by atoms with E-state index in [2.05, 4.69) is 46.9 Å². The van der Waals surface area contributed by atoms with E-state index in [9.17, 15) is 8.42 Å². The second-order valence-electron chi connectivity index (χ2n) is 12.0. The lowest BCUT2D eigenvalue weighted by atomic mass is 9.72. The third kappa shape index (κ3) is 6.32. The van der Waals surface area contributed by atoms with Crippen molar-refractivity contribution in [2.24, 2.45) is 10.6 Å². The van der Waals surface area contributed by atoms with Crippen molar-refractivity contribution in [3.8, 4) is 11.5 Å². The Morgan fingerprint density at radius 2 is 1.86 bits per heavy atom. The van der Waals surface area contributed by atoms with Crippen molar-refractivity contribution in [2.75, 3.05) is 19.6 Å². The number of nitrogens with one attached hydrogen (secondary N) is 1. The number of rotatable bonds is 7. The average Bonchev–Trinajstić information content (AvgIpc) is 3.42. The van der Waals surface area contributed by atoms with Crippen molar-refractivity contribution in [3.63, 3.8) is 0 Å². The lowest BCUT2D eigenvalue weighted by Gasteiger charge is -2.36. The van der Waals surface area contributed by atoms with Crippen LogP contribution >= 0.6 is 11.6 Å². The molecule has 1 aliphatic heterocycles. The largest absolute Gasteiger partial charge is 0.454 e. The van der Waals surface area contributed by atoms with Crippen LogP contribution in [0.2, 0.25) is 5.02 Å². The van der Waals surface area contributed by atoms with E-state index in [1.165, 1.54) is 29.2 Å². The molecule has 7 nitrogen and oxygen atoms in total. The number of aromatic nitrogens is 2. The van der Waals surface area contributed by atoms with E-state index < -0.39 is 10.0 Å². The van der Waals surface area contributed by atoms with Crippen molar-refractivity contribution < 1.29 is 13.2 Å². The molecule has 0 amide bonds. The molecule has 218 valence electrons. The van der Waals surface area contributed by atoms with Gasteiger partial charge in [0.1, 0.15) is 22.0 Å². The molecule has 0 fully saturated rings. The second kappa shape index (κ2) is 11.3. The fraction of sp³-hybridized carbons (Fsp3) is 0.303. The Hall–Kier alpha value is -3.43. The molecule has 2 aromatic heterocycles. The first-order chi connectivity index (χ1) is 20.0. The molecule has 0 spiro atoms. The van der Waals surface area contributed by atoms with Gasteiger partial charge in [0, 0.05) is 36.2 Å². The van der Waals surface area contributed by atoms with Crippen LogP contribution in [0, 0.1) is 5.41 Å². The highest BCUT2D eigenvalue weighted by atomic mass is 35.5. The number of sulfonamides is 1. The minimum Gasteiger partial charge on any atom is -0.454 e. The van der Waals surface area contributed by atoms with E-state index in [0.717, 1.165) is 66.1 Å². The van der Waals surface area contributed by atoms with Gasteiger partial charge in [0.15, 0.2) is 0 Å². The quantitative estimate of drug-likeness (QED) is 0.229. The number of ether oxygens (including phenoxy) is 1. The zero-order chi connectivity index (χ0) is 29.5. The molecular formula is C33H35ClN4O3S. The second-order valence-corrected chi connectivity index (χ2v) is 14.0. The van der Waals surface area contributed by atoms with Crippen LogP contribution in [0.4, 0.5) is 0 Å². The number of primary sulfonamides is 1. The van der Waals surface area contributed by atoms with Crippen molar-refractivity contribution in [1.82, 2.24) is 14.9 Å². The van der Waals surface area contributed by atoms with Gasteiger partial charge in [-0.25, -0.2) is 18.5 Å². The first kappa shape index (κ1) is 28.7. The first-order valence-corrected chi connectivity index (χ1v) is 16.1. The summed E-state index contributed by atoms with van der Waals surface area (Å²) in [7, 11) is -3.99. The van der Waals surface area contributed by atoms with Gasteiger partial charge in [-0.1, -0.05) is 55.3 Å². The van der Waals surface area contributed by atoms with Crippen molar-refractivity contribution in [1.29, 1.82) is 0 Å². The molecule has 0 unspecified atom stereocenters. The predicted molar refractivity (Wildman–Crippen MR) is 169 cm³/mol. The van der Waals surface area contributed by atoms with Crippen LogP contribution in [0.15, 0.2) is 83.5 Å². The van der Waals surface area contributed by atoms with E-state index >= 15 is 0 Å². The molecule has 0 saturated carbocycles. The number of hydrogen-bond acceptors (Lipinski definition) is 5. The van der Waals surface area contributed by atoms with Gasteiger partial charge >= 0.3 is 0 Å². The lowest BCUT2D eigenvalue weighted by molar-refractivity contribution is 0.296. The predicted octanol–water partition coefficient (Wildman–Crippen LogP) is 7.41. The van der Waals surface area contributed by atoms with Gasteiger partial charge in [-0.15, -0.1) is 0 Å². The molecule has 6 rings (SSSR count). The van der Waals surface area contributed by atoms with E-state index in [-0.39, 0.29) is 16.1 Å². The van der Waals surface area contributed by atoms with Crippen molar-refractivity contribution >= 4 is 43.8 Å². The van der Waals surface area contributed by atoms with Gasteiger partial charge in [-0.3, -0.25) is 4.90 Å². The van der Waals surface area contributed by atoms with Crippen molar-refractivity contribution in [3.05, 3.63) is 94.8 Å². The zero-order valence-corrected chi connectivity index (χ0v) is 25.4. The van der Waals surface area contributed by atoms with Gasteiger partial charge in [0.05, 0.1) is 6.20 Å². The maximum Gasteiger partial charge on any atom is 0.241 e. The van der Waals surface area contributed by atoms with Crippen LogP contribution in [0.1, 0.15) is 50.7 Å². The summed E-state index contributed by atoms with van der Waals surface area (Å²) in [6.07, 6.45) is 9.78. The van der Waals surface area contributed by atoms with Crippen LogP contribution < -0.4 is 9.88 Å². The number of pyridine rings is 1. The van der Waals surface area contributed by atoms with Gasteiger partial charge in [0.2, 0.25) is 10.0 Å². The molecular weight excluding hydrogens is 568 g/mol. The van der Waals surface area contributed by atoms with Gasteiger partial charge < -0.3 is 9.72 Å². The summed E-state index contributed by atoms with van der Waals surface area (Å²) in [4.78, 5) is 9.82. The van der Waals surface area contributed by atoms with Crippen LogP contribution in [-0.2, 0) is 10.0 Å². The number of aromatic amines is 1. The van der Waals surface area contributed by atoms with Crippen LogP contribution in [0.25, 0.3) is 22.2 Å². The average molecular weight is 603 g/mol. The van der Waals surface area contributed by atoms with Crippen LogP contribution in [0.5, 0.6) is 11.5 Å². The molecule has 0 saturated heterocycles. The third-order valence-corrected chi connectivity index (χ3v) is 9.51. The normalized spacial score (nSPS) is 17.9. The Balaban J connectivity index is 1.23. The molecule has 4 aromatic rings. The van der Waals surface area contributed by atoms with E-state index in [0.29, 0.717) is 5.75 Å². The minimum absolute atomic E-state index is 0.0552. The molecule has 1 aliphatic carbocycles. The Kier molecular flexibility index (Phi) is 7.74. The number of halogens is 1. The molecule has 9 heteroatoms. The Labute approximate surface area is 252 Å². The third-order valence-electron chi connectivity index (χ3n) is 8.31. The highest BCUT2D eigenvalue weighted by molar-refractivity contribution is 7.89. The van der Waals surface area contributed by atoms with E-state index in [4.69, 9.17) is 21.5 Å². The fourth-order valence-corrected chi connectivity index (χ4v) is 6.74. The van der Waals surface area contributed by atoms with E-state index in [1.54, 1.807) is 18.5 Å². The standard InChI is InChI=1S/C33H35ClN4O3S/c1-33(2)13-9-26(29(19-33)23-3-6-27(34)7-4-23)21-38-15-11-22(12-16-38)24-5-8-31(42(35,39)40)30(18-24)41-28-17-25-10-14-36-32(25)37-20-28/h3-8,10-11,14,17-18,20H,9,12-13,15-16,19,21H2,1-2H3,(H,36,37)(H2,35,39,40). The molecule has 42 heavy (non-hydrogen) atoms. The number of hydrogen-bond donors (Lipinski definition) is 2. The maximum absolute atomic E-state index is 12.4. The van der Waals surface area contributed by atoms with Crippen LogP contribution in [-0.4, -0.2) is 42.9 Å². The summed E-state index contributed by atoms with van der Waals surface area (Å²) >= 11 is 6.18. The molecule has 3 N–H and O–H groups in total. The molecule has 2 aromatic carbocycles. The lowest BCUT2D eigenvalue weighted by Crippen LogP contribution is -2.32. The summed E-state index contributed by atoms with van der Waals surface area (Å²) in [5.41, 5.74) is 7.32. The van der Waals surface area contributed by atoms with Crippen LogP contribution in [0.3, 0.4) is 0 Å². The molecule has 3 heterocycles. The SMILES string of the molecule is CC1(C)CCC(CN2CC=C(c3ccc(S(N)(=O)=O)c(Oc4cnc5[nH]ccc5c4)c3)CC2)=C(c2ccc(Cl)cc2)C1. The number of nitrogens with two attached hydrogens (primary N) is 1. The minimum atomic E-state index is -3.99. The van der Waals surface area contributed by atoms with Gasteiger partial charge in [-0.2, -0.15) is 0 Å². The summed E-state index contributed by atoms with van der Waals surface area (Å²) in [5, 5.41) is 7.16. The highest BCUT2D eigenvalue weighted by Crippen LogP contribution is 2.43. The maximum atomic E-state index is 12.4. The number of allylic oxidation sites excluding steroid dienone is 1. The summed E-state index contributed by atoms with van der Waals surface area (Å²) < 4.78 is 30.8. The summed E-state index contributed by atoms with van der Waals surface area (Å²) in [5.74, 6) is 0.631. The Morgan fingerprint density at radius 3 is 2.60 bits per heavy atom. The number of fused-ring (bicyclic) bond motifs is 1.